The summed E-state index contributed by atoms with van der Waals surface area (Å²) >= 11 is 0. The molecule has 0 bridgehead atoms. The highest BCUT2D eigenvalue weighted by Gasteiger charge is 2.35. The van der Waals surface area contributed by atoms with Crippen molar-refractivity contribution in [3.05, 3.63) is 65.7 Å². The molecular weight excluding hydrogens is 991 g/mol. The Morgan fingerprint density at radius 2 is 1.09 bits per heavy atom. The van der Waals surface area contributed by atoms with Gasteiger partial charge in [-0.15, -0.1) is 0 Å². The summed E-state index contributed by atoms with van der Waals surface area (Å²) in [6.45, 7) is 9.65. The molecule has 428 valence electrons. The van der Waals surface area contributed by atoms with Crippen molar-refractivity contribution in [2.24, 2.45) is 34.8 Å². The molecule has 23 heteroatoms. The number of benzene rings is 2. The summed E-state index contributed by atoms with van der Waals surface area (Å²) < 4.78 is 5.77. The number of ether oxygens (including phenoxy) is 1. The zero-order chi connectivity index (χ0) is 56.9. The van der Waals surface area contributed by atoms with Gasteiger partial charge in [-0.05, 0) is 126 Å². The zero-order valence-corrected chi connectivity index (χ0v) is 45.6. The van der Waals surface area contributed by atoms with Crippen LogP contribution >= 0.6 is 0 Å². The Labute approximate surface area is 453 Å². The van der Waals surface area contributed by atoms with Gasteiger partial charge in [0.15, 0.2) is 0 Å². The van der Waals surface area contributed by atoms with E-state index in [1.54, 1.807) is 54.6 Å². The van der Waals surface area contributed by atoms with Crippen molar-refractivity contribution >= 4 is 53.2 Å². The van der Waals surface area contributed by atoms with Crippen LogP contribution in [0.5, 0.6) is 5.75 Å². The fourth-order valence-electron chi connectivity index (χ4n) is 8.40. The van der Waals surface area contributed by atoms with E-state index in [0.29, 0.717) is 24.3 Å². The molecule has 77 heavy (non-hydrogen) atoms. The lowest BCUT2D eigenvalue weighted by Crippen LogP contribution is -2.60. The summed E-state index contributed by atoms with van der Waals surface area (Å²) in [5.74, 6) is -6.20. The molecule has 1 heterocycles. The van der Waals surface area contributed by atoms with Crippen LogP contribution in [0, 0.1) is 11.8 Å². The van der Waals surface area contributed by atoms with Crippen LogP contribution in [0.1, 0.15) is 121 Å². The van der Waals surface area contributed by atoms with E-state index in [1.807, 2.05) is 27.7 Å². The van der Waals surface area contributed by atoms with Crippen molar-refractivity contribution < 1.29 is 47.9 Å². The summed E-state index contributed by atoms with van der Waals surface area (Å²) in [6, 6.07) is 4.90. The van der Waals surface area contributed by atoms with Crippen LogP contribution in [-0.4, -0.2) is 141 Å². The predicted molar refractivity (Wildman–Crippen MR) is 292 cm³/mol. The number of carbonyl (C=O) groups excluding carboxylic acids is 9. The molecule has 0 spiro atoms. The van der Waals surface area contributed by atoms with Crippen LogP contribution in [0.25, 0.3) is 0 Å². The Kier molecular flexibility index (Phi) is 29.3. The molecule has 0 radical (unpaired) electrons. The highest BCUT2D eigenvalue weighted by molar-refractivity contribution is 6.00. The third-order valence-electron chi connectivity index (χ3n) is 12.8. The van der Waals surface area contributed by atoms with Gasteiger partial charge in [0.2, 0.25) is 47.3 Å². The summed E-state index contributed by atoms with van der Waals surface area (Å²) in [4.78, 5) is 127. The highest BCUT2D eigenvalue weighted by atomic mass is 16.5. The molecule has 1 saturated heterocycles. The van der Waals surface area contributed by atoms with Crippen LogP contribution in [0.15, 0.2) is 54.6 Å². The van der Waals surface area contributed by atoms with E-state index in [-0.39, 0.29) is 101 Å². The smallest absolute Gasteiger partial charge is 0.251 e. The molecule has 0 aliphatic carbocycles. The molecule has 9 amide bonds. The molecule has 1 aliphatic rings. The van der Waals surface area contributed by atoms with Crippen molar-refractivity contribution in [3.8, 4) is 5.75 Å². The largest absolute Gasteiger partial charge is 0.494 e. The van der Waals surface area contributed by atoms with Crippen LogP contribution in [0.2, 0.25) is 0 Å². The fourth-order valence-corrected chi connectivity index (χ4v) is 8.40. The lowest BCUT2D eigenvalue weighted by molar-refractivity contribution is -0.136. The number of rotatable bonds is 24. The maximum Gasteiger partial charge on any atom is 0.251 e. The first-order valence-electron chi connectivity index (χ1n) is 27.1. The molecule has 1 fully saturated rings. The Balaban J connectivity index is 2.09. The van der Waals surface area contributed by atoms with Crippen molar-refractivity contribution in [2.75, 3.05) is 39.3 Å². The van der Waals surface area contributed by atoms with Crippen LogP contribution < -0.4 is 75.5 Å². The van der Waals surface area contributed by atoms with Gasteiger partial charge in [0, 0.05) is 18.5 Å². The fraction of sp³-hybridized carbons (Fsp3) is 0.611. The van der Waals surface area contributed by atoms with Gasteiger partial charge in [0.25, 0.3) is 5.91 Å². The Hall–Kier alpha value is -6.69. The van der Waals surface area contributed by atoms with Gasteiger partial charge in [-0.3, -0.25) is 43.2 Å². The highest BCUT2D eigenvalue weighted by Crippen LogP contribution is 2.15. The van der Waals surface area contributed by atoms with Gasteiger partial charge in [0.05, 0.1) is 6.61 Å². The average molecular weight is 1080 g/mol. The second kappa shape index (κ2) is 34.9. The minimum absolute atomic E-state index is 0.0334. The Morgan fingerprint density at radius 1 is 0.584 bits per heavy atom. The number of amides is 9. The second-order valence-electron chi connectivity index (χ2n) is 20.2. The maximum absolute atomic E-state index is 14.5. The summed E-state index contributed by atoms with van der Waals surface area (Å²) in [5, 5.41) is 24.4. The van der Waals surface area contributed by atoms with Crippen LogP contribution in [0.3, 0.4) is 0 Å². The molecule has 0 unspecified atom stereocenters. The van der Waals surface area contributed by atoms with Crippen molar-refractivity contribution in [1.82, 2.24) is 47.9 Å². The zero-order valence-electron chi connectivity index (χ0n) is 45.6. The quantitative estimate of drug-likeness (QED) is 0.0584. The first-order valence-corrected chi connectivity index (χ1v) is 27.1. The lowest BCUT2D eigenvalue weighted by atomic mass is 10.00. The minimum Gasteiger partial charge on any atom is -0.494 e. The maximum atomic E-state index is 14.5. The van der Waals surface area contributed by atoms with Crippen molar-refractivity contribution in [1.29, 1.82) is 0 Å². The minimum atomic E-state index is -1.46. The molecule has 1 aliphatic heterocycles. The van der Waals surface area contributed by atoms with Crippen molar-refractivity contribution in [3.63, 3.8) is 0 Å². The SMILES string of the molecule is CCCCCOc1ccc(C(=O)N[C@H](CCN)C(=O)N[C@H]2CCNC(=O)[C@H](CC(C)C)NC(=O)[C@H](CCN)NC(=O)[C@H](CCN)NC(=O)[C@H](Cc3ccccc3)NC(=O)[C@@H](CCC(C)C)NC(=O)[C@H](CCN)NC2=O)cc1. The van der Waals surface area contributed by atoms with E-state index in [4.69, 9.17) is 27.7 Å². The molecular formula is C54H87N13O10. The monoisotopic (exact) mass is 1080 g/mol. The van der Waals surface area contributed by atoms with Gasteiger partial charge in [0.1, 0.15) is 54.1 Å². The third kappa shape index (κ3) is 23.2. The standard InChI is InChI=1S/C54H87N13O10/c1-6-7-11-30-77-37-17-15-36(16-18-37)46(68)60-39(20-25-55)49(71)65-43-24-29-59-47(69)44(31-34(4)5)66-52(74)42(23-28-58)62-51(73)41(22-27-57)64-54(76)45(32-35-12-9-8-10-13-35)67-48(70)38(19-14-33(2)3)61-50(72)40(21-26-56)63-53(43)75/h8-10,12-13,15-18,33-34,38-45H,6-7,11,14,19-32,55-58H2,1-5H3,(H,59,69)(H,60,68)(H,61,72)(H,62,73)(H,63,75)(H,64,76)(H,65,71)(H,66,74)(H,67,70)/t38-,39-,40+,41+,42+,43+,44+,45+/m1/s1. The summed E-state index contributed by atoms with van der Waals surface area (Å²) in [5.41, 5.74) is 24.6. The normalized spacial score (nSPS) is 22.1. The first kappa shape index (κ1) is 64.6. The second-order valence-corrected chi connectivity index (χ2v) is 20.2. The average Bonchev–Trinajstić information content (AvgIpc) is 3.39. The number of hydrogen-bond donors (Lipinski definition) is 13. The number of nitrogens with one attached hydrogen (secondary N) is 9. The lowest BCUT2D eigenvalue weighted by Gasteiger charge is -2.28. The van der Waals surface area contributed by atoms with Crippen LogP contribution in [-0.2, 0) is 44.8 Å². The summed E-state index contributed by atoms with van der Waals surface area (Å²) in [6.07, 6.45) is 3.07. The van der Waals surface area contributed by atoms with E-state index >= 15 is 0 Å². The van der Waals surface area contributed by atoms with E-state index < -0.39 is 101 Å². The van der Waals surface area contributed by atoms with E-state index in [2.05, 4.69) is 54.8 Å². The molecule has 8 atom stereocenters. The van der Waals surface area contributed by atoms with Gasteiger partial charge in [-0.25, -0.2) is 0 Å². The predicted octanol–water partition coefficient (Wildman–Crippen LogP) is -0.612. The topological polar surface area (TPSA) is 375 Å². The molecule has 2 aromatic rings. The molecule has 3 rings (SSSR count). The summed E-state index contributed by atoms with van der Waals surface area (Å²) in [7, 11) is 0. The van der Waals surface area contributed by atoms with Gasteiger partial charge < -0.3 is 75.5 Å². The molecule has 2 aromatic carbocycles. The third-order valence-corrected chi connectivity index (χ3v) is 12.8. The Morgan fingerprint density at radius 3 is 1.60 bits per heavy atom. The van der Waals surface area contributed by atoms with E-state index in [0.717, 1.165) is 19.3 Å². The number of hydrogen-bond acceptors (Lipinski definition) is 14. The number of carbonyl (C=O) groups is 9. The van der Waals surface area contributed by atoms with Gasteiger partial charge in [-0.2, -0.15) is 0 Å². The van der Waals surface area contributed by atoms with E-state index in [1.165, 1.54) is 0 Å². The molecule has 23 nitrogen and oxygen atoms in total. The van der Waals surface area contributed by atoms with Crippen molar-refractivity contribution in [2.45, 2.75) is 160 Å². The first-order chi connectivity index (χ1) is 36.8. The van der Waals surface area contributed by atoms with Gasteiger partial charge >= 0.3 is 0 Å². The van der Waals surface area contributed by atoms with E-state index in [9.17, 15) is 43.2 Å². The molecule has 17 N–H and O–H groups in total. The van der Waals surface area contributed by atoms with Gasteiger partial charge in [-0.1, -0.05) is 77.8 Å². The molecule has 0 saturated carbocycles. The molecule has 0 aromatic heterocycles. The Bertz CT molecular complexity index is 2200. The number of unbranched alkanes of at least 4 members (excludes halogenated alkanes) is 2. The van der Waals surface area contributed by atoms with Crippen LogP contribution in [0.4, 0.5) is 0 Å². The number of nitrogens with two attached hydrogens (primary N) is 4.